The molecule has 0 unspecified atom stereocenters. The Labute approximate surface area is 97.6 Å². The molecule has 1 rings (SSSR count). The molecule has 0 aromatic heterocycles. The van der Waals surface area contributed by atoms with Gasteiger partial charge < -0.3 is 4.90 Å². The summed E-state index contributed by atoms with van der Waals surface area (Å²) in [5.74, 6) is -0.843. The number of benzene rings is 1. The summed E-state index contributed by atoms with van der Waals surface area (Å²) in [7, 11) is 3.73. The van der Waals surface area contributed by atoms with E-state index in [1.807, 2.05) is 38.1 Å². The summed E-state index contributed by atoms with van der Waals surface area (Å²) in [4.78, 5) is 2.56. The molecule has 0 aliphatic carbocycles. The van der Waals surface area contributed by atoms with Gasteiger partial charge >= 0.3 is 6.18 Å². The Hall–Kier alpha value is -0.840. The van der Waals surface area contributed by atoms with Crippen molar-refractivity contribution in [3.63, 3.8) is 0 Å². The van der Waals surface area contributed by atoms with Crippen molar-refractivity contribution < 1.29 is 13.2 Å². The lowest BCUT2D eigenvalue weighted by molar-refractivity contribution is -0.105. The first-order valence-electron chi connectivity index (χ1n) is 4.77. The van der Waals surface area contributed by atoms with Crippen LogP contribution in [0.1, 0.15) is 5.56 Å². The van der Waals surface area contributed by atoms with Crippen LogP contribution >= 0.6 is 11.8 Å². The highest BCUT2D eigenvalue weighted by atomic mass is 32.2. The second-order valence-electron chi connectivity index (χ2n) is 3.75. The van der Waals surface area contributed by atoms with Crippen LogP contribution < -0.4 is 4.90 Å². The third kappa shape index (κ3) is 3.96. The van der Waals surface area contributed by atoms with E-state index in [4.69, 9.17) is 0 Å². The lowest BCUT2D eigenvalue weighted by atomic mass is 10.2. The second-order valence-corrected chi connectivity index (χ2v) is 4.77. The van der Waals surface area contributed by atoms with Crippen LogP contribution in [0.25, 0.3) is 0 Å². The molecule has 0 radical (unpaired) electrons. The van der Waals surface area contributed by atoms with Gasteiger partial charge in [0, 0.05) is 24.7 Å². The smallest absolute Gasteiger partial charge is 0.378 e. The summed E-state index contributed by atoms with van der Waals surface area (Å²) in [5, 5.41) is 0. The van der Waals surface area contributed by atoms with Gasteiger partial charge in [0.2, 0.25) is 0 Å². The Kier molecular flexibility index (Phi) is 4.13. The predicted molar refractivity (Wildman–Crippen MR) is 62.3 cm³/mol. The topological polar surface area (TPSA) is 3.24 Å². The van der Waals surface area contributed by atoms with Crippen LogP contribution in [0.15, 0.2) is 23.1 Å². The van der Waals surface area contributed by atoms with E-state index in [9.17, 15) is 13.2 Å². The molecule has 0 N–H and O–H groups in total. The molecule has 5 heteroatoms. The predicted octanol–water partition coefficient (Wildman–Crippen LogP) is 3.72. The number of thioether (sulfide) groups is 1. The second kappa shape index (κ2) is 4.99. The highest BCUT2D eigenvalue weighted by Crippen LogP contribution is 2.31. The van der Waals surface area contributed by atoms with E-state index in [0.29, 0.717) is 4.90 Å². The number of halogens is 3. The standard InChI is InChI=1S/C11H14F3NS/c1-8-4-5-9(15(2)3)6-10(8)16-7-11(12,13)14/h4-6H,7H2,1-3H3. The van der Waals surface area contributed by atoms with Crippen LogP contribution in [0.3, 0.4) is 0 Å². The average Bonchev–Trinajstić information content (AvgIpc) is 2.14. The van der Waals surface area contributed by atoms with Gasteiger partial charge in [0.25, 0.3) is 0 Å². The summed E-state index contributed by atoms with van der Waals surface area (Å²) in [6.07, 6.45) is -4.12. The van der Waals surface area contributed by atoms with Crippen molar-refractivity contribution in [1.82, 2.24) is 0 Å². The first kappa shape index (κ1) is 13.2. The van der Waals surface area contributed by atoms with Crippen LogP contribution in [-0.4, -0.2) is 26.0 Å². The number of alkyl halides is 3. The molecule has 0 fully saturated rings. The third-order valence-electron chi connectivity index (χ3n) is 2.08. The average molecular weight is 249 g/mol. The maximum Gasteiger partial charge on any atom is 0.398 e. The molecular formula is C11H14F3NS. The summed E-state index contributed by atoms with van der Waals surface area (Å²) in [6.45, 7) is 1.82. The lowest BCUT2D eigenvalue weighted by Gasteiger charge is -2.15. The van der Waals surface area contributed by atoms with Crippen molar-refractivity contribution in [3.8, 4) is 0 Å². The summed E-state index contributed by atoms with van der Waals surface area (Å²) >= 11 is 0.834. The molecule has 1 nitrogen and oxygen atoms in total. The number of hydrogen-bond acceptors (Lipinski definition) is 2. The summed E-state index contributed by atoms with van der Waals surface area (Å²) in [5.41, 5.74) is 1.79. The molecule has 0 bridgehead atoms. The fourth-order valence-corrected chi connectivity index (χ4v) is 2.00. The van der Waals surface area contributed by atoms with Gasteiger partial charge in [-0.15, -0.1) is 11.8 Å². The lowest BCUT2D eigenvalue weighted by Crippen LogP contribution is -2.11. The van der Waals surface area contributed by atoms with Crippen LogP contribution in [0.2, 0.25) is 0 Å². The van der Waals surface area contributed by atoms with Crippen molar-refractivity contribution in [2.45, 2.75) is 18.0 Å². The molecule has 1 aromatic carbocycles. The summed E-state index contributed by atoms with van der Waals surface area (Å²) < 4.78 is 36.3. The zero-order valence-corrected chi connectivity index (χ0v) is 10.2. The fourth-order valence-electron chi connectivity index (χ4n) is 1.18. The van der Waals surface area contributed by atoms with Gasteiger partial charge in [-0.25, -0.2) is 0 Å². The van der Waals surface area contributed by atoms with E-state index in [1.165, 1.54) is 0 Å². The minimum Gasteiger partial charge on any atom is -0.378 e. The van der Waals surface area contributed by atoms with Crippen molar-refractivity contribution in [2.75, 3.05) is 24.7 Å². The maximum atomic E-state index is 12.1. The minimum absolute atomic E-state index is 0.684. The van der Waals surface area contributed by atoms with E-state index < -0.39 is 11.9 Å². The Morgan fingerprint density at radius 3 is 2.38 bits per heavy atom. The van der Waals surface area contributed by atoms with Crippen molar-refractivity contribution in [2.24, 2.45) is 0 Å². The van der Waals surface area contributed by atoms with E-state index in [-0.39, 0.29) is 0 Å². The van der Waals surface area contributed by atoms with Gasteiger partial charge in [-0.1, -0.05) is 6.07 Å². The zero-order chi connectivity index (χ0) is 12.3. The highest BCUT2D eigenvalue weighted by molar-refractivity contribution is 7.99. The van der Waals surface area contributed by atoms with Crippen molar-refractivity contribution >= 4 is 17.4 Å². The first-order valence-corrected chi connectivity index (χ1v) is 5.75. The van der Waals surface area contributed by atoms with Gasteiger partial charge in [-0.2, -0.15) is 13.2 Å². The van der Waals surface area contributed by atoms with Crippen LogP contribution in [-0.2, 0) is 0 Å². The number of aryl methyl sites for hydroxylation is 1. The van der Waals surface area contributed by atoms with Crippen molar-refractivity contribution in [1.29, 1.82) is 0 Å². The zero-order valence-electron chi connectivity index (χ0n) is 9.43. The molecule has 0 atom stereocenters. The van der Waals surface area contributed by atoms with Gasteiger partial charge in [0.05, 0.1) is 5.75 Å². The Balaban J connectivity index is 2.82. The monoisotopic (exact) mass is 249 g/mol. The normalized spacial score (nSPS) is 11.6. The van der Waals surface area contributed by atoms with Crippen LogP contribution in [0, 0.1) is 6.92 Å². The van der Waals surface area contributed by atoms with Gasteiger partial charge in [-0.3, -0.25) is 0 Å². The molecule has 0 saturated heterocycles. The molecule has 0 spiro atoms. The molecule has 0 heterocycles. The molecule has 1 aromatic rings. The highest BCUT2D eigenvalue weighted by Gasteiger charge is 2.27. The fraction of sp³-hybridized carbons (Fsp3) is 0.455. The Morgan fingerprint density at radius 2 is 1.88 bits per heavy atom. The Morgan fingerprint density at radius 1 is 1.25 bits per heavy atom. The molecule has 0 saturated carbocycles. The third-order valence-corrected chi connectivity index (χ3v) is 3.30. The number of rotatable bonds is 3. The maximum absolute atomic E-state index is 12.1. The molecule has 90 valence electrons. The quantitative estimate of drug-likeness (QED) is 0.751. The SMILES string of the molecule is Cc1ccc(N(C)C)cc1SCC(F)(F)F. The Bertz CT molecular complexity index is 361. The number of hydrogen-bond donors (Lipinski definition) is 0. The first-order chi connectivity index (χ1) is 7.29. The number of nitrogens with zero attached hydrogens (tertiary/aromatic N) is 1. The molecule has 0 amide bonds. The van der Waals surface area contributed by atoms with Gasteiger partial charge in [0.1, 0.15) is 0 Å². The molecule has 16 heavy (non-hydrogen) atoms. The molecule has 0 aliphatic rings. The van der Waals surface area contributed by atoms with E-state index in [0.717, 1.165) is 23.0 Å². The van der Waals surface area contributed by atoms with Gasteiger partial charge in [0.15, 0.2) is 0 Å². The van der Waals surface area contributed by atoms with E-state index >= 15 is 0 Å². The molecular weight excluding hydrogens is 235 g/mol. The van der Waals surface area contributed by atoms with E-state index in [2.05, 4.69) is 0 Å². The van der Waals surface area contributed by atoms with Crippen LogP contribution in [0.4, 0.5) is 18.9 Å². The summed E-state index contributed by atoms with van der Waals surface area (Å²) in [6, 6.07) is 5.52. The number of anilines is 1. The minimum atomic E-state index is -4.12. The molecule has 0 aliphatic heterocycles. The largest absolute Gasteiger partial charge is 0.398 e. The van der Waals surface area contributed by atoms with Crippen molar-refractivity contribution in [3.05, 3.63) is 23.8 Å². The van der Waals surface area contributed by atoms with Gasteiger partial charge in [-0.05, 0) is 24.6 Å². The van der Waals surface area contributed by atoms with Crippen LogP contribution in [0.5, 0.6) is 0 Å². The van der Waals surface area contributed by atoms with E-state index in [1.54, 1.807) is 6.07 Å².